The van der Waals surface area contributed by atoms with Crippen LogP contribution >= 0.6 is 0 Å². The van der Waals surface area contributed by atoms with Crippen LogP contribution in [0.15, 0.2) is 59.5 Å². The Balaban J connectivity index is 2.04. The van der Waals surface area contributed by atoms with Gasteiger partial charge in [0.2, 0.25) is 10.0 Å². The highest BCUT2D eigenvalue weighted by molar-refractivity contribution is 7.89. The summed E-state index contributed by atoms with van der Waals surface area (Å²) < 4.78 is 38.9. The van der Waals surface area contributed by atoms with Gasteiger partial charge in [0.25, 0.3) is 0 Å². The molecule has 106 valence electrons. The van der Waals surface area contributed by atoms with Crippen molar-refractivity contribution in [2.75, 3.05) is 6.54 Å². The van der Waals surface area contributed by atoms with Crippen molar-refractivity contribution < 1.29 is 17.9 Å². The van der Waals surface area contributed by atoms with E-state index in [1.54, 1.807) is 30.3 Å². The third kappa shape index (κ3) is 3.63. The molecule has 0 spiro atoms. The van der Waals surface area contributed by atoms with Crippen LogP contribution < -0.4 is 4.72 Å². The van der Waals surface area contributed by atoms with Crippen molar-refractivity contribution in [2.45, 2.75) is 11.0 Å². The summed E-state index contributed by atoms with van der Waals surface area (Å²) in [6.07, 6.45) is -0.938. The second-order valence-corrected chi connectivity index (χ2v) is 6.00. The first-order valence-corrected chi connectivity index (χ1v) is 7.45. The van der Waals surface area contributed by atoms with E-state index in [2.05, 4.69) is 4.72 Å². The Labute approximate surface area is 116 Å². The van der Waals surface area contributed by atoms with Crippen molar-refractivity contribution in [3.05, 3.63) is 66.0 Å². The van der Waals surface area contributed by atoms with Crippen LogP contribution in [0.25, 0.3) is 0 Å². The van der Waals surface area contributed by atoms with Crippen LogP contribution in [-0.4, -0.2) is 20.1 Å². The van der Waals surface area contributed by atoms with Crippen molar-refractivity contribution in [2.24, 2.45) is 0 Å². The maximum absolute atomic E-state index is 12.8. The smallest absolute Gasteiger partial charge is 0.240 e. The van der Waals surface area contributed by atoms with E-state index in [4.69, 9.17) is 0 Å². The average molecular weight is 295 g/mol. The SMILES string of the molecule is O=S(=O)(NCC(O)c1ccccc1)c1ccc(F)cc1. The van der Waals surface area contributed by atoms with E-state index in [0.29, 0.717) is 5.56 Å². The molecule has 2 rings (SSSR count). The number of rotatable bonds is 5. The number of aliphatic hydroxyl groups excluding tert-OH is 1. The van der Waals surface area contributed by atoms with Gasteiger partial charge in [0, 0.05) is 6.54 Å². The maximum Gasteiger partial charge on any atom is 0.240 e. The molecule has 1 unspecified atom stereocenters. The number of halogens is 1. The summed E-state index contributed by atoms with van der Waals surface area (Å²) in [5.41, 5.74) is 0.620. The Kier molecular flexibility index (Phi) is 4.49. The highest BCUT2D eigenvalue weighted by Gasteiger charge is 2.16. The molecule has 0 fully saturated rings. The maximum atomic E-state index is 12.8. The number of nitrogens with one attached hydrogen (secondary N) is 1. The van der Waals surface area contributed by atoms with Gasteiger partial charge >= 0.3 is 0 Å². The van der Waals surface area contributed by atoms with E-state index >= 15 is 0 Å². The molecule has 0 radical (unpaired) electrons. The Bertz CT molecular complexity index is 657. The first-order chi connectivity index (χ1) is 9.49. The Morgan fingerprint density at radius 2 is 1.65 bits per heavy atom. The third-order valence-electron chi connectivity index (χ3n) is 2.77. The Hall–Kier alpha value is -1.76. The first-order valence-electron chi connectivity index (χ1n) is 5.97. The lowest BCUT2D eigenvalue weighted by atomic mass is 10.1. The second-order valence-electron chi connectivity index (χ2n) is 4.23. The zero-order chi connectivity index (χ0) is 14.6. The standard InChI is InChI=1S/C14H14FNO3S/c15-12-6-8-13(9-7-12)20(18,19)16-10-14(17)11-4-2-1-3-5-11/h1-9,14,16-17H,10H2. The summed E-state index contributed by atoms with van der Waals surface area (Å²) in [4.78, 5) is -0.0424. The lowest BCUT2D eigenvalue weighted by Crippen LogP contribution is -2.28. The quantitative estimate of drug-likeness (QED) is 0.884. The zero-order valence-electron chi connectivity index (χ0n) is 10.5. The van der Waals surface area contributed by atoms with Crippen molar-refractivity contribution in [1.29, 1.82) is 0 Å². The van der Waals surface area contributed by atoms with Crippen LogP contribution in [0, 0.1) is 5.82 Å². The largest absolute Gasteiger partial charge is 0.387 e. The Morgan fingerprint density at radius 3 is 2.25 bits per heavy atom. The summed E-state index contributed by atoms with van der Waals surface area (Å²) in [6, 6.07) is 13.2. The minimum absolute atomic E-state index is 0.0424. The molecule has 4 nitrogen and oxygen atoms in total. The molecule has 0 aliphatic heterocycles. The fraction of sp³-hybridized carbons (Fsp3) is 0.143. The molecular weight excluding hydrogens is 281 g/mol. The second kappa shape index (κ2) is 6.13. The normalized spacial score (nSPS) is 13.1. The van der Waals surface area contributed by atoms with E-state index < -0.39 is 21.9 Å². The molecule has 0 saturated heterocycles. The molecule has 2 aromatic carbocycles. The van der Waals surface area contributed by atoms with Gasteiger partial charge < -0.3 is 5.11 Å². The first kappa shape index (κ1) is 14.6. The Morgan fingerprint density at radius 1 is 1.05 bits per heavy atom. The minimum atomic E-state index is -3.76. The molecule has 0 heterocycles. The van der Waals surface area contributed by atoms with Gasteiger partial charge in [0.15, 0.2) is 0 Å². The van der Waals surface area contributed by atoms with Gasteiger partial charge in [-0.1, -0.05) is 30.3 Å². The molecule has 2 aromatic rings. The summed E-state index contributed by atoms with van der Waals surface area (Å²) >= 11 is 0. The molecule has 0 amide bonds. The van der Waals surface area contributed by atoms with Gasteiger partial charge in [-0.15, -0.1) is 0 Å². The van der Waals surface area contributed by atoms with E-state index in [9.17, 15) is 17.9 Å². The van der Waals surface area contributed by atoms with Crippen LogP contribution in [0.4, 0.5) is 4.39 Å². The van der Waals surface area contributed by atoms with E-state index in [0.717, 1.165) is 12.1 Å². The molecule has 2 N–H and O–H groups in total. The van der Waals surface area contributed by atoms with Crippen LogP contribution in [0.3, 0.4) is 0 Å². The minimum Gasteiger partial charge on any atom is -0.387 e. The monoisotopic (exact) mass is 295 g/mol. The number of hydrogen-bond donors (Lipinski definition) is 2. The summed E-state index contributed by atoms with van der Waals surface area (Å²) in [6.45, 7) is -0.149. The fourth-order valence-electron chi connectivity index (χ4n) is 1.68. The predicted octanol–water partition coefficient (Wildman–Crippen LogP) is 1.84. The molecule has 0 saturated carbocycles. The molecule has 0 aromatic heterocycles. The van der Waals surface area contributed by atoms with Crippen LogP contribution in [0.5, 0.6) is 0 Å². The lowest BCUT2D eigenvalue weighted by Gasteiger charge is -2.12. The van der Waals surface area contributed by atoms with E-state index in [1.807, 2.05) is 0 Å². The molecule has 20 heavy (non-hydrogen) atoms. The molecule has 0 bridgehead atoms. The van der Waals surface area contributed by atoms with Crippen LogP contribution in [-0.2, 0) is 10.0 Å². The van der Waals surface area contributed by atoms with Crippen molar-refractivity contribution in [3.63, 3.8) is 0 Å². The highest BCUT2D eigenvalue weighted by Crippen LogP contribution is 2.13. The van der Waals surface area contributed by atoms with Crippen LogP contribution in [0.2, 0.25) is 0 Å². The van der Waals surface area contributed by atoms with Gasteiger partial charge in [-0.05, 0) is 29.8 Å². The lowest BCUT2D eigenvalue weighted by molar-refractivity contribution is 0.182. The number of benzene rings is 2. The molecular formula is C14H14FNO3S. The van der Waals surface area contributed by atoms with E-state index in [1.165, 1.54) is 12.1 Å². The molecule has 6 heteroatoms. The third-order valence-corrected chi connectivity index (χ3v) is 4.21. The average Bonchev–Trinajstić information content (AvgIpc) is 2.46. The number of sulfonamides is 1. The van der Waals surface area contributed by atoms with Gasteiger partial charge in [-0.25, -0.2) is 17.5 Å². The van der Waals surface area contributed by atoms with Crippen molar-refractivity contribution in [1.82, 2.24) is 4.72 Å². The zero-order valence-corrected chi connectivity index (χ0v) is 11.3. The summed E-state index contributed by atoms with van der Waals surface area (Å²) in [5.74, 6) is -0.506. The van der Waals surface area contributed by atoms with Gasteiger partial charge in [0.05, 0.1) is 11.0 Å². The van der Waals surface area contributed by atoms with Crippen molar-refractivity contribution in [3.8, 4) is 0 Å². The van der Waals surface area contributed by atoms with Gasteiger partial charge in [0.1, 0.15) is 5.82 Å². The summed E-state index contributed by atoms with van der Waals surface area (Å²) in [7, 11) is -3.76. The van der Waals surface area contributed by atoms with Gasteiger partial charge in [-0.2, -0.15) is 0 Å². The molecule has 1 atom stereocenters. The number of hydrogen-bond acceptors (Lipinski definition) is 3. The molecule has 0 aliphatic carbocycles. The topological polar surface area (TPSA) is 66.4 Å². The van der Waals surface area contributed by atoms with E-state index in [-0.39, 0.29) is 11.4 Å². The summed E-state index contributed by atoms with van der Waals surface area (Å²) in [5, 5.41) is 9.89. The fourth-order valence-corrected chi connectivity index (χ4v) is 2.72. The van der Waals surface area contributed by atoms with Crippen molar-refractivity contribution >= 4 is 10.0 Å². The number of aliphatic hydroxyl groups is 1. The van der Waals surface area contributed by atoms with Gasteiger partial charge in [-0.3, -0.25) is 0 Å². The predicted molar refractivity (Wildman–Crippen MR) is 73.0 cm³/mol. The van der Waals surface area contributed by atoms with Crippen LogP contribution in [0.1, 0.15) is 11.7 Å². The highest BCUT2D eigenvalue weighted by atomic mass is 32.2. The molecule has 0 aliphatic rings.